The van der Waals surface area contributed by atoms with E-state index in [0.717, 1.165) is 19.4 Å². The molecular weight excluding hydrogens is 310 g/mol. The van der Waals surface area contributed by atoms with E-state index in [1.807, 2.05) is 0 Å². The first-order valence-corrected chi connectivity index (χ1v) is 11.3. The van der Waals surface area contributed by atoms with Gasteiger partial charge in [-0.2, -0.15) is 0 Å². The fraction of sp³-hybridized carbons (Fsp3) is 1.00. The molecule has 0 aromatic rings. The maximum atomic E-state index is 8.72. The second-order valence-electron chi connectivity index (χ2n) is 7.56. The highest BCUT2D eigenvalue weighted by Gasteiger charge is 1.95. The second kappa shape index (κ2) is 23.9. The van der Waals surface area contributed by atoms with Gasteiger partial charge in [-0.15, -0.1) is 0 Å². The number of hydrogen-bond acceptors (Lipinski definition) is 3. The van der Waals surface area contributed by atoms with Gasteiger partial charge in [-0.05, 0) is 38.8 Å². The minimum atomic E-state index is 0.347. The Morgan fingerprint density at radius 1 is 0.320 bits per heavy atom. The molecule has 3 heteroatoms. The number of unbranched alkanes of at least 4 members (excludes halogenated alkanes) is 16. The Bertz CT molecular complexity index is 202. The van der Waals surface area contributed by atoms with Gasteiger partial charge in [-0.25, -0.2) is 0 Å². The van der Waals surface area contributed by atoms with Gasteiger partial charge in [0.25, 0.3) is 0 Å². The summed E-state index contributed by atoms with van der Waals surface area (Å²) in [6, 6.07) is 0. The molecule has 0 aliphatic heterocycles. The van der Waals surface area contributed by atoms with Crippen molar-refractivity contribution in [1.29, 1.82) is 0 Å². The second-order valence-corrected chi connectivity index (χ2v) is 7.56. The average Bonchev–Trinajstić information content (AvgIpc) is 2.63. The molecule has 0 amide bonds. The summed E-state index contributed by atoms with van der Waals surface area (Å²) in [4.78, 5) is 0. The normalized spacial score (nSPS) is 11.3. The topological polar surface area (TPSA) is 52.5 Å². The van der Waals surface area contributed by atoms with Crippen LogP contribution in [-0.4, -0.2) is 36.5 Å². The predicted molar refractivity (Wildman–Crippen MR) is 110 cm³/mol. The molecule has 0 fully saturated rings. The van der Waals surface area contributed by atoms with Gasteiger partial charge in [0.2, 0.25) is 0 Å². The maximum Gasteiger partial charge on any atom is 0.0431 e. The van der Waals surface area contributed by atoms with Gasteiger partial charge in [-0.3, -0.25) is 0 Å². The Kier molecular flexibility index (Phi) is 23.8. The van der Waals surface area contributed by atoms with E-state index < -0.39 is 0 Å². The van der Waals surface area contributed by atoms with E-state index in [9.17, 15) is 0 Å². The van der Waals surface area contributed by atoms with Gasteiger partial charge in [-0.1, -0.05) is 89.9 Å². The van der Waals surface area contributed by atoms with E-state index in [1.54, 1.807) is 0 Å². The Labute approximate surface area is 158 Å². The molecule has 0 bridgehead atoms. The fourth-order valence-corrected chi connectivity index (χ4v) is 3.32. The largest absolute Gasteiger partial charge is 0.396 e. The molecule has 0 unspecified atom stereocenters. The number of aliphatic hydroxyl groups is 2. The summed E-state index contributed by atoms with van der Waals surface area (Å²) in [6.07, 6.45) is 23.5. The lowest BCUT2D eigenvalue weighted by molar-refractivity contribution is 0.282. The molecule has 0 aromatic carbocycles. The van der Waals surface area contributed by atoms with E-state index in [2.05, 4.69) is 5.32 Å². The molecule has 3 nitrogen and oxygen atoms in total. The average molecular weight is 358 g/mol. The number of hydrogen-bond donors (Lipinski definition) is 3. The highest BCUT2D eigenvalue weighted by atomic mass is 16.3. The molecule has 0 atom stereocenters. The van der Waals surface area contributed by atoms with Crippen molar-refractivity contribution in [2.75, 3.05) is 26.3 Å². The highest BCUT2D eigenvalue weighted by molar-refractivity contribution is 4.52. The monoisotopic (exact) mass is 357 g/mol. The van der Waals surface area contributed by atoms with Gasteiger partial charge in [0, 0.05) is 13.2 Å². The molecule has 152 valence electrons. The van der Waals surface area contributed by atoms with Crippen molar-refractivity contribution < 1.29 is 10.2 Å². The minimum absolute atomic E-state index is 0.347. The quantitative estimate of drug-likeness (QED) is 0.222. The summed E-state index contributed by atoms with van der Waals surface area (Å²) in [7, 11) is 0. The van der Waals surface area contributed by atoms with Gasteiger partial charge < -0.3 is 15.5 Å². The smallest absolute Gasteiger partial charge is 0.0431 e. The predicted octanol–water partition coefficient (Wildman–Crippen LogP) is 5.58. The highest BCUT2D eigenvalue weighted by Crippen LogP contribution is 2.12. The van der Waals surface area contributed by atoms with Crippen molar-refractivity contribution in [2.45, 2.75) is 116 Å². The Balaban J connectivity index is 2.94. The summed E-state index contributed by atoms with van der Waals surface area (Å²) in [5, 5.41) is 21.0. The standard InChI is InChI=1S/C22H47NO2/c24-21-17-13-10-8-6-4-2-1-3-5-7-9-11-15-19-23-20-16-12-14-18-22-25/h23-25H,1-22H2. The maximum absolute atomic E-state index is 8.72. The van der Waals surface area contributed by atoms with Crippen molar-refractivity contribution >= 4 is 0 Å². The van der Waals surface area contributed by atoms with Crippen LogP contribution < -0.4 is 5.32 Å². The first kappa shape index (κ1) is 24.9. The van der Waals surface area contributed by atoms with E-state index >= 15 is 0 Å². The van der Waals surface area contributed by atoms with Crippen LogP contribution in [0.3, 0.4) is 0 Å². The summed E-state index contributed by atoms with van der Waals surface area (Å²) in [5.74, 6) is 0. The Morgan fingerprint density at radius 3 is 0.840 bits per heavy atom. The molecule has 0 aliphatic rings. The zero-order valence-electron chi connectivity index (χ0n) is 17.0. The fourth-order valence-electron chi connectivity index (χ4n) is 3.32. The summed E-state index contributed by atoms with van der Waals surface area (Å²) < 4.78 is 0. The molecule has 3 N–H and O–H groups in total. The van der Waals surface area contributed by atoms with Crippen LogP contribution in [0.15, 0.2) is 0 Å². The summed E-state index contributed by atoms with van der Waals surface area (Å²) in [6.45, 7) is 3.04. The van der Waals surface area contributed by atoms with Crippen molar-refractivity contribution in [1.82, 2.24) is 5.32 Å². The Hall–Kier alpha value is -0.120. The van der Waals surface area contributed by atoms with Crippen LogP contribution in [0, 0.1) is 0 Å². The van der Waals surface area contributed by atoms with Gasteiger partial charge in [0.15, 0.2) is 0 Å². The van der Waals surface area contributed by atoms with Crippen LogP contribution in [0.5, 0.6) is 0 Å². The molecule has 0 saturated carbocycles. The van der Waals surface area contributed by atoms with Crippen molar-refractivity contribution in [3.8, 4) is 0 Å². The minimum Gasteiger partial charge on any atom is -0.396 e. The van der Waals surface area contributed by atoms with Crippen LogP contribution in [-0.2, 0) is 0 Å². The van der Waals surface area contributed by atoms with E-state index in [4.69, 9.17) is 10.2 Å². The van der Waals surface area contributed by atoms with Gasteiger partial charge in [0.05, 0.1) is 0 Å². The molecule has 0 radical (unpaired) electrons. The zero-order valence-corrected chi connectivity index (χ0v) is 17.0. The Morgan fingerprint density at radius 2 is 0.560 bits per heavy atom. The molecule has 0 spiro atoms. The lowest BCUT2D eigenvalue weighted by Gasteiger charge is -2.05. The van der Waals surface area contributed by atoms with E-state index in [1.165, 1.54) is 109 Å². The van der Waals surface area contributed by atoms with Crippen molar-refractivity contribution in [3.05, 3.63) is 0 Å². The third-order valence-corrected chi connectivity index (χ3v) is 5.02. The first-order chi connectivity index (χ1) is 12.4. The number of aliphatic hydroxyl groups excluding tert-OH is 2. The van der Waals surface area contributed by atoms with Crippen molar-refractivity contribution in [3.63, 3.8) is 0 Å². The molecule has 0 rings (SSSR count). The van der Waals surface area contributed by atoms with Gasteiger partial charge in [0.1, 0.15) is 0 Å². The van der Waals surface area contributed by atoms with Crippen LogP contribution in [0.25, 0.3) is 0 Å². The van der Waals surface area contributed by atoms with Crippen molar-refractivity contribution in [2.24, 2.45) is 0 Å². The van der Waals surface area contributed by atoms with Crippen LogP contribution in [0.2, 0.25) is 0 Å². The summed E-state index contributed by atoms with van der Waals surface area (Å²) in [5.41, 5.74) is 0. The molecule has 0 aromatic heterocycles. The molecule has 25 heavy (non-hydrogen) atoms. The van der Waals surface area contributed by atoms with E-state index in [0.29, 0.717) is 13.2 Å². The van der Waals surface area contributed by atoms with Crippen LogP contribution in [0.1, 0.15) is 116 Å². The number of rotatable bonds is 22. The lowest BCUT2D eigenvalue weighted by atomic mass is 10.0. The van der Waals surface area contributed by atoms with E-state index in [-0.39, 0.29) is 0 Å². The van der Waals surface area contributed by atoms with Crippen LogP contribution >= 0.6 is 0 Å². The van der Waals surface area contributed by atoms with Gasteiger partial charge >= 0.3 is 0 Å². The molecule has 0 saturated heterocycles. The SMILES string of the molecule is OCCCCCCCCCCCCCCCCNCCCCCCO. The molecular formula is C22H47NO2. The zero-order chi connectivity index (χ0) is 18.3. The summed E-state index contributed by atoms with van der Waals surface area (Å²) >= 11 is 0. The molecule has 0 aliphatic carbocycles. The first-order valence-electron chi connectivity index (χ1n) is 11.3. The van der Waals surface area contributed by atoms with Crippen LogP contribution in [0.4, 0.5) is 0 Å². The third-order valence-electron chi connectivity index (χ3n) is 5.02. The lowest BCUT2D eigenvalue weighted by Crippen LogP contribution is -2.16. The molecule has 0 heterocycles. The third kappa shape index (κ3) is 23.9. The number of nitrogens with one attached hydrogen (secondary N) is 1.